The summed E-state index contributed by atoms with van der Waals surface area (Å²) in [5.41, 5.74) is 0.0104. The fourth-order valence-corrected chi connectivity index (χ4v) is 2.39. The number of benzene rings is 1. The second-order valence-electron chi connectivity index (χ2n) is 4.44. The van der Waals surface area contributed by atoms with Crippen molar-refractivity contribution in [3.8, 4) is 5.75 Å². The fraction of sp³-hybridized carbons (Fsp3) is 0.429. The van der Waals surface area contributed by atoms with Crippen LogP contribution in [0.25, 0.3) is 0 Å². The zero-order valence-electron chi connectivity index (χ0n) is 11.0. The van der Waals surface area contributed by atoms with Crippen LogP contribution in [-0.2, 0) is 0 Å². The Labute approximate surface area is 111 Å². The van der Waals surface area contributed by atoms with Crippen molar-refractivity contribution in [2.24, 2.45) is 0 Å². The maximum Gasteiger partial charge on any atom is 0.173 e. The number of methoxy groups -OCH3 is 1. The summed E-state index contributed by atoms with van der Waals surface area (Å²) in [6, 6.07) is 2.05. The molecule has 1 heterocycles. The molecule has 0 bridgehead atoms. The molecule has 3 nitrogen and oxygen atoms in total. The first kappa shape index (κ1) is 14.0. The molecule has 1 aliphatic rings. The molecule has 0 radical (unpaired) electrons. The summed E-state index contributed by atoms with van der Waals surface area (Å²) in [4.78, 5) is 2.00. The third-order valence-electron chi connectivity index (χ3n) is 3.38. The summed E-state index contributed by atoms with van der Waals surface area (Å²) < 4.78 is 33.2. The summed E-state index contributed by atoms with van der Waals surface area (Å²) >= 11 is 0. The van der Waals surface area contributed by atoms with Gasteiger partial charge in [-0.1, -0.05) is 6.08 Å². The standard InChI is InChI=1S/C14H18F2N2O/c1-3-11(18-8-6-17-7-9-18)13-10(15)4-5-12(19-2)14(13)16/h3-5,11,17H,1,6-9H2,2H3/t11-/m0/s1. The van der Waals surface area contributed by atoms with Gasteiger partial charge in [0.15, 0.2) is 11.6 Å². The van der Waals surface area contributed by atoms with Gasteiger partial charge in [0, 0.05) is 31.7 Å². The van der Waals surface area contributed by atoms with Gasteiger partial charge in [-0.05, 0) is 12.1 Å². The Morgan fingerprint density at radius 3 is 2.63 bits per heavy atom. The number of ether oxygens (including phenoxy) is 1. The van der Waals surface area contributed by atoms with Gasteiger partial charge in [-0.3, -0.25) is 4.90 Å². The van der Waals surface area contributed by atoms with E-state index in [1.807, 2.05) is 4.90 Å². The average molecular weight is 268 g/mol. The van der Waals surface area contributed by atoms with E-state index in [2.05, 4.69) is 11.9 Å². The predicted molar refractivity (Wildman–Crippen MR) is 70.3 cm³/mol. The molecule has 2 rings (SSSR count). The summed E-state index contributed by atoms with van der Waals surface area (Å²) in [6.07, 6.45) is 1.58. The second-order valence-corrected chi connectivity index (χ2v) is 4.44. The smallest absolute Gasteiger partial charge is 0.173 e. The lowest BCUT2D eigenvalue weighted by Gasteiger charge is -2.33. The summed E-state index contributed by atoms with van der Waals surface area (Å²) in [5.74, 6) is -1.16. The Morgan fingerprint density at radius 1 is 1.37 bits per heavy atom. The Kier molecular flexibility index (Phi) is 4.50. The van der Waals surface area contributed by atoms with Crippen molar-refractivity contribution in [1.82, 2.24) is 10.2 Å². The minimum Gasteiger partial charge on any atom is -0.494 e. The van der Waals surface area contributed by atoms with E-state index in [0.717, 1.165) is 26.2 Å². The molecule has 0 amide bonds. The number of hydrogen-bond donors (Lipinski definition) is 1. The van der Waals surface area contributed by atoms with Crippen molar-refractivity contribution < 1.29 is 13.5 Å². The third kappa shape index (κ3) is 2.77. The van der Waals surface area contributed by atoms with Crippen molar-refractivity contribution in [2.75, 3.05) is 33.3 Å². The van der Waals surface area contributed by atoms with Gasteiger partial charge >= 0.3 is 0 Å². The van der Waals surface area contributed by atoms with Crippen molar-refractivity contribution in [1.29, 1.82) is 0 Å². The lowest BCUT2D eigenvalue weighted by atomic mass is 10.0. The number of piperazine rings is 1. The number of rotatable bonds is 4. The highest BCUT2D eigenvalue weighted by molar-refractivity contribution is 5.36. The highest BCUT2D eigenvalue weighted by Gasteiger charge is 2.26. The van der Waals surface area contributed by atoms with E-state index >= 15 is 0 Å². The Balaban J connectivity index is 2.39. The molecule has 104 valence electrons. The topological polar surface area (TPSA) is 24.5 Å². The van der Waals surface area contributed by atoms with Gasteiger partial charge in [-0.15, -0.1) is 6.58 Å². The quantitative estimate of drug-likeness (QED) is 0.846. The monoisotopic (exact) mass is 268 g/mol. The van der Waals surface area contributed by atoms with E-state index in [-0.39, 0.29) is 11.3 Å². The minimum atomic E-state index is -0.647. The molecule has 0 unspecified atom stereocenters. The minimum absolute atomic E-state index is 0.0104. The van der Waals surface area contributed by atoms with Gasteiger partial charge in [0.05, 0.1) is 13.2 Å². The van der Waals surface area contributed by atoms with Gasteiger partial charge in [-0.2, -0.15) is 0 Å². The van der Waals surface area contributed by atoms with Crippen LogP contribution < -0.4 is 10.1 Å². The van der Waals surface area contributed by atoms with Gasteiger partial charge < -0.3 is 10.1 Å². The molecule has 1 aromatic rings. The summed E-state index contributed by atoms with van der Waals surface area (Å²) in [6.45, 7) is 6.78. The van der Waals surface area contributed by atoms with Crippen molar-refractivity contribution in [3.63, 3.8) is 0 Å². The van der Waals surface area contributed by atoms with Crippen LogP contribution in [-0.4, -0.2) is 38.2 Å². The second kappa shape index (κ2) is 6.12. The van der Waals surface area contributed by atoms with Crippen LogP contribution in [0.4, 0.5) is 8.78 Å². The average Bonchev–Trinajstić information content (AvgIpc) is 2.44. The first-order chi connectivity index (χ1) is 9.19. The van der Waals surface area contributed by atoms with Gasteiger partial charge in [-0.25, -0.2) is 8.78 Å². The maximum atomic E-state index is 14.3. The lowest BCUT2D eigenvalue weighted by molar-refractivity contribution is 0.196. The van der Waals surface area contributed by atoms with E-state index in [1.54, 1.807) is 6.08 Å². The largest absolute Gasteiger partial charge is 0.494 e. The van der Waals surface area contributed by atoms with Crippen LogP contribution in [0.5, 0.6) is 5.75 Å². The first-order valence-electron chi connectivity index (χ1n) is 6.28. The van der Waals surface area contributed by atoms with Crippen molar-refractivity contribution >= 4 is 0 Å². The molecule has 1 saturated heterocycles. The van der Waals surface area contributed by atoms with Gasteiger partial charge in [0.2, 0.25) is 0 Å². The molecule has 19 heavy (non-hydrogen) atoms. The molecule has 0 saturated carbocycles. The predicted octanol–water partition coefficient (Wildman–Crippen LogP) is 2.11. The van der Waals surface area contributed by atoms with Crippen LogP contribution in [0.3, 0.4) is 0 Å². The first-order valence-corrected chi connectivity index (χ1v) is 6.28. The van der Waals surface area contributed by atoms with Crippen molar-refractivity contribution in [2.45, 2.75) is 6.04 Å². The SMILES string of the molecule is C=C[C@@H](c1c(F)ccc(OC)c1F)N1CCNCC1. The molecule has 1 atom stereocenters. The molecule has 0 spiro atoms. The van der Waals surface area contributed by atoms with Crippen LogP contribution >= 0.6 is 0 Å². The molecule has 0 aromatic heterocycles. The molecule has 1 aromatic carbocycles. The molecular weight excluding hydrogens is 250 g/mol. The zero-order valence-corrected chi connectivity index (χ0v) is 11.0. The van der Waals surface area contributed by atoms with E-state index in [0.29, 0.717) is 0 Å². The number of nitrogens with one attached hydrogen (secondary N) is 1. The van der Waals surface area contributed by atoms with Crippen LogP contribution in [0, 0.1) is 11.6 Å². The Hall–Kier alpha value is -1.46. The molecule has 1 aliphatic heterocycles. The Morgan fingerprint density at radius 2 is 2.05 bits per heavy atom. The van der Waals surface area contributed by atoms with Gasteiger partial charge in [0.1, 0.15) is 5.82 Å². The van der Waals surface area contributed by atoms with Gasteiger partial charge in [0.25, 0.3) is 0 Å². The number of halogens is 2. The highest BCUT2D eigenvalue weighted by Crippen LogP contribution is 2.32. The van der Waals surface area contributed by atoms with E-state index in [9.17, 15) is 8.78 Å². The molecule has 1 N–H and O–H groups in total. The normalized spacial score (nSPS) is 18.1. The maximum absolute atomic E-state index is 14.3. The summed E-state index contributed by atoms with van der Waals surface area (Å²) in [7, 11) is 1.37. The number of hydrogen-bond acceptors (Lipinski definition) is 3. The molecule has 5 heteroatoms. The number of nitrogens with zero attached hydrogens (tertiary/aromatic N) is 1. The lowest BCUT2D eigenvalue weighted by Crippen LogP contribution is -2.45. The highest BCUT2D eigenvalue weighted by atomic mass is 19.1. The van der Waals surface area contributed by atoms with E-state index in [1.165, 1.54) is 19.2 Å². The van der Waals surface area contributed by atoms with Crippen LogP contribution in [0.1, 0.15) is 11.6 Å². The fourth-order valence-electron chi connectivity index (χ4n) is 2.39. The van der Waals surface area contributed by atoms with E-state index in [4.69, 9.17) is 4.74 Å². The molecular formula is C14H18F2N2O. The van der Waals surface area contributed by atoms with E-state index < -0.39 is 17.7 Å². The summed E-state index contributed by atoms with van der Waals surface area (Å²) in [5, 5.41) is 3.21. The third-order valence-corrected chi connectivity index (χ3v) is 3.38. The van der Waals surface area contributed by atoms with Crippen LogP contribution in [0.15, 0.2) is 24.8 Å². The molecule has 0 aliphatic carbocycles. The van der Waals surface area contributed by atoms with Crippen molar-refractivity contribution in [3.05, 3.63) is 42.0 Å². The molecule has 1 fully saturated rings. The Bertz CT molecular complexity index is 459. The zero-order chi connectivity index (χ0) is 13.8. The van der Waals surface area contributed by atoms with Crippen LogP contribution in [0.2, 0.25) is 0 Å².